The van der Waals surface area contributed by atoms with Gasteiger partial charge in [-0.2, -0.15) is 5.26 Å². The molecule has 3 N–H and O–H groups in total. The van der Waals surface area contributed by atoms with E-state index in [2.05, 4.69) is 10.3 Å². The fourth-order valence-electron chi connectivity index (χ4n) is 2.62. The topological polar surface area (TPSA) is 91.8 Å². The number of hydrogen-bond donors (Lipinski definition) is 2. The Labute approximate surface area is 126 Å². The minimum Gasteiger partial charge on any atom is -0.383 e. The van der Waals surface area contributed by atoms with E-state index in [9.17, 15) is 10.1 Å². The third-order valence-corrected chi connectivity index (χ3v) is 3.81. The molecular formula is C15H11ClN4O. The summed E-state index contributed by atoms with van der Waals surface area (Å²) in [6, 6.07) is 11.5. The van der Waals surface area contributed by atoms with E-state index in [1.165, 1.54) is 0 Å². The van der Waals surface area contributed by atoms with Crippen molar-refractivity contribution in [1.82, 2.24) is 4.98 Å². The number of carbonyl (C=O) groups excluding carboxylic acids is 1. The summed E-state index contributed by atoms with van der Waals surface area (Å²) in [6.45, 7) is 0. The van der Waals surface area contributed by atoms with Gasteiger partial charge in [0.25, 0.3) is 0 Å². The molecule has 0 radical (unpaired) electrons. The van der Waals surface area contributed by atoms with Crippen LogP contribution in [0.1, 0.15) is 29.0 Å². The van der Waals surface area contributed by atoms with Gasteiger partial charge in [0, 0.05) is 17.9 Å². The van der Waals surface area contributed by atoms with Crippen molar-refractivity contribution in [3.8, 4) is 6.07 Å². The lowest BCUT2D eigenvalue weighted by molar-refractivity contribution is -0.116. The van der Waals surface area contributed by atoms with E-state index in [1.807, 2.05) is 36.4 Å². The van der Waals surface area contributed by atoms with Crippen LogP contribution in [0.5, 0.6) is 0 Å². The molecule has 21 heavy (non-hydrogen) atoms. The third-order valence-electron chi connectivity index (χ3n) is 3.54. The largest absolute Gasteiger partial charge is 0.383 e. The number of hydrogen-bond acceptors (Lipinski definition) is 4. The van der Waals surface area contributed by atoms with Crippen molar-refractivity contribution in [3.63, 3.8) is 0 Å². The number of benzene rings is 1. The number of aromatic nitrogens is 1. The number of halogens is 1. The number of nitrogens with one attached hydrogen (secondary N) is 1. The summed E-state index contributed by atoms with van der Waals surface area (Å²) in [6.07, 6.45) is 0.259. The lowest BCUT2D eigenvalue weighted by atomic mass is 9.84. The molecule has 3 rings (SSSR count). The maximum atomic E-state index is 12.0. The second-order valence-electron chi connectivity index (χ2n) is 4.78. The van der Waals surface area contributed by atoms with Crippen molar-refractivity contribution < 1.29 is 4.79 Å². The van der Waals surface area contributed by atoms with Crippen LogP contribution in [0.3, 0.4) is 0 Å². The third kappa shape index (κ3) is 2.20. The van der Waals surface area contributed by atoms with Crippen LogP contribution in [-0.4, -0.2) is 10.9 Å². The lowest BCUT2D eigenvalue weighted by Gasteiger charge is -2.27. The minimum atomic E-state index is -0.230. The van der Waals surface area contributed by atoms with Crippen molar-refractivity contribution in [3.05, 3.63) is 52.2 Å². The van der Waals surface area contributed by atoms with E-state index in [-0.39, 0.29) is 34.8 Å². The van der Waals surface area contributed by atoms with Gasteiger partial charge in [-0.05, 0) is 5.56 Å². The van der Waals surface area contributed by atoms with Crippen LogP contribution < -0.4 is 11.1 Å². The number of fused-ring (bicyclic) bond motifs is 1. The molecule has 1 atom stereocenters. The van der Waals surface area contributed by atoms with Crippen LogP contribution >= 0.6 is 11.6 Å². The second-order valence-corrected chi connectivity index (χ2v) is 5.14. The highest BCUT2D eigenvalue weighted by Gasteiger charge is 2.32. The molecule has 0 bridgehead atoms. The predicted octanol–water partition coefficient (Wildman–Crippen LogP) is 2.66. The number of nitrogens with two attached hydrogens (primary N) is 1. The first-order chi connectivity index (χ1) is 10.1. The van der Waals surface area contributed by atoms with Gasteiger partial charge in [0.15, 0.2) is 5.15 Å². The SMILES string of the molecule is N#Cc1c(Cl)nc(N)c2c1NC(=O)CC2c1ccccc1. The zero-order valence-corrected chi connectivity index (χ0v) is 11.7. The zero-order chi connectivity index (χ0) is 15.0. The number of nitrogens with zero attached hydrogens (tertiary/aromatic N) is 2. The first-order valence-electron chi connectivity index (χ1n) is 6.35. The quantitative estimate of drug-likeness (QED) is 0.792. The van der Waals surface area contributed by atoms with Crippen LogP contribution in [0.15, 0.2) is 30.3 Å². The summed E-state index contributed by atoms with van der Waals surface area (Å²) in [5, 5.41) is 11.9. The van der Waals surface area contributed by atoms with Gasteiger partial charge in [0.1, 0.15) is 17.5 Å². The predicted molar refractivity (Wildman–Crippen MR) is 79.9 cm³/mol. The highest BCUT2D eigenvalue weighted by Crippen LogP contribution is 2.42. The zero-order valence-electron chi connectivity index (χ0n) is 10.9. The molecule has 1 amide bonds. The summed E-state index contributed by atoms with van der Waals surface area (Å²) in [7, 11) is 0. The Kier molecular flexibility index (Phi) is 3.24. The average molecular weight is 299 g/mol. The van der Waals surface area contributed by atoms with Crippen LogP contribution in [0, 0.1) is 11.3 Å². The maximum Gasteiger partial charge on any atom is 0.225 e. The van der Waals surface area contributed by atoms with E-state index in [0.717, 1.165) is 5.56 Å². The fourth-order valence-corrected chi connectivity index (χ4v) is 2.85. The number of nitriles is 1. The molecule has 0 fully saturated rings. The van der Waals surface area contributed by atoms with Crippen LogP contribution in [0.4, 0.5) is 11.5 Å². The maximum absolute atomic E-state index is 12.0. The molecule has 104 valence electrons. The molecule has 6 heteroatoms. The molecule has 0 aliphatic carbocycles. The molecule has 0 saturated heterocycles. The standard InChI is InChI=1S/C15H11ClN4O/c16-14-10(7-17)13-12(15(18)20-14)9(6-11(21)19-13)8-4-2-1-3-5-8/h1-5,9H,6H2,(H2,18,20)(H,19,21). The van der Waals surface area contributed by atoms with Gasteiger partial charge < -0.3 is 11.1 Å². The van der Waals surface area contributed by atoms with Gasteiger partial charge in [0.2, 0.25) is 5.91 Å². The number of nitrogen functional groups attached to an aromatic ring is 1. The molecule has 1 aromatic carbocycles. The van der Waals surface area contributed by atoms with Crippen molar-refractivity contribution in [2.24, 2.45) is 0 Å². The molecule has 0 spiro atoms. The summed E-state index contributed by atoms with van der Waals surface area (Å²) in [5.74, 6) is -0.163. The minimum absolute atomic E-state index is 0.00256. The van der Waals surface area contributed by atoms with Crippen molar-refractivity contribution in [2.75, 3.05) is 11.1 Å². The van der Waals surface area contributed by atoms with Crippen molar-refractivity contribution in [1.29, 1.82) is 5.26 Å². The Morgan fingerprint density at radius 1 is 1.38 bits per heavy atom. The highest BCUT2D eigenvalue weighted by atomic mass is 35.5. The highest BCUT2D eigenvalue weighted by molar-refractivity contribution is 6.31. The summed E-state index contributed by atoms with van der Waals surface area (Å²) in [5.41, 5.74) is 8.11. The first kappa shape index (κ1) is 13.4. The van der Waals surface area contributed by atoms with E-state index in [1.54, 1.807) is 0 Å². The molecule has 5 nitrogen and oxygen atoms in total. The van der Waals surface area contributed by atoms with Gasteiger partial charge in [-0.3, -0.25) is 4.79 Å². The molecule has 1 unspecified atom stereocenters. The Hall–Kier alpha value is -2.58. The summed E-state index contributed by atoms with van der Waals surface area (Å²) < 4.78 is 0. The number of pyridine rings is 1. The average Bonchev–Trinajstić information content (AvgIpc) is 2.47. The molecule has 2 heterocycles. The second kappa shape index (κ2) is 5.08. The lowest BCUT2D eigenvalue weighted by Crippen LogP contribution is -2.26. The van der Waals surface area contributed by atoms with E-state index in [4.69, 9.17) is 17.3 Å². The Balaban J connectivity index is 2.27. The van der Waals surface area contributed by atoms with Crippen LogP contribution in [0.25, 0.3) is 0 Å². The van der Waals surface area contributed by atoms with Gasteiger partial charge in [-0.15, -0.1) is 0 Å². The number of rotatable bonds is 1. The van der Waals surface area contributed by atoms with Gasteiger partial charge in [-0.25, -0.2) is 4.98 Å². The van der Waals surface area contributed by atoms with Crippen LogP contribution in [0.2, 0.25) is 5.15 Å². The van der Waals surface area contributed by atoms with Gasteiger partial charge in [-0.1, -0.05) is 41.9 Å². The Morgan fingerprint density at radius 3 is 2.76 bits per heavy atom. The number of carbonyl (C=O) groups is 1. The monoisotopic (exact) mass is 298 g/mol. The van der Waals surface area contributed by atoms with Gasteiger partial charge in [0.05, 0.1) is 5.69 Å². The van der Waals surface area contributed by atoms with Crippen molar-refractivity contribution >= 4 is 29.0 Å². The van der Waals surface area contributed by atoms with E-state index < -0.39 is 0 Å². The molecular weight excluding hydrogens is 288 g/mol. The number of amides is 1. The number of anilines is 2. The smallest absolute Gasteiger partial charge is 0.225 e. The summed E-state index contributed by atoms with van der Waals surface area (Å²) >= 11 is 5.94. The molecule has 2 aromatic rings. The van der Waals surface area contributed by atoms with Gasteiger partial charge >= 0.3 is 0 Å². The first-order valence-corrected chi connectivity index (χ1v) is 6.73. The van der Waals surface area contributed by atoms with Crippen molar-refractivity contribution in [2.45, 2.75) is 12.3 Å². The van der Waals surface area contributed by atoms with E-state index in [0.29, 0.717) is 11.3 Å². The Bertz CT molecular complexity index is 767. The van der Waals surface area contributed by atoms with Crippen LogP contribution in [-0.2, 0) is 4.79 Å². The molecule has 1 aliphatic heterocycles. The molecule has 1 aliphatic rings. The fraction of sp³-hybridized carbons (Fsp3) is 0.133. The normalized spacial score (nSPS) is 16.8. The van der Waals surface area contributed by atoms with E-state index >= 15 is 0 Å². The molecule has 0 saturated carbocycles. The Morgan fingerprint density at radius 2 is 2.10 bits per heavy atom. The molecule has 1 aromatic heterocycles. The summed E-state index contributed by atoms with van der Waals surface area (Å²) in [4.78, 5) is 16.0.